The summed E-state index contributed by atoms with van der Waals surface area (Å²) in [5.74, 6) is 0.598. The normalized spacial score (nSPS) is 26.0. The van der Waals surface area contributed by atoms with Gasteiger partial charge in [-0.3, -0.25) is 9.69 Å². The summed E-state index contributed by atoms with van der Waals surface area (Å²) in [5, 5.41) is 8.19. The number of aromatic nitrogens is 2. The molecule has 2 aliphatic rings. The first-order chi connectivity index (χ1) is 15.5. The van der Waals surface area contributed by atoms with Crippen molar-refractivity contribution in [2.45, 2.75) is 95.9 Å². The molecule has 2 aliphatic heterocycles. The number of hydrogen-bond acceptors (Lipinski definition) is 6. The Morgan fingerprint density at radius 3 is 2.55 bits per heavy atom. The fourth-order valence-electron chi connectivity index (χ4n) is 5.31. The molecule has 0 radical (unpaired) electrons. The molecular formula is C25H38N4O3Si. The minimum Gasteiger partial charge on any atom is -0.426 e. The Balaban J connectivity index is 1.60. The number of likely N-dealkylation sites (tertiary alicyclic amines) is 2. The second kappa shape index (κ2) is 8.63. The van der Waals surface area contributed by atoms with Crippen LogP contribution in [-0.4, -0.2) is 58.5 Å². The molecule has 1 aromatic heterocycles. The largest absolute Gasteiger partial charge is 0.426 e. The fourth-order valence-corrected chi connectivity index (χ4v) is 6.72. The molecule has 4 atom stereocenters. The Bertz CT molecular complexity index is 960. The second-order valence-corrected chi connectivity index (χ2v) is 15.9. The quantitative estimate of drug-likeness (QED) is 0.428. The van der Waals surface area contributed by atoms with E-state index in [1.807, 2.05) is 17.9 Å². The zero-order valence-electron chi connectivity index (χ0n) is 21.0. The maximum Gasteiger partial charge on any atom is 0.246 e. The van der Waals surface area contributed by atoms with Crippen LogP contribution in [0.25, 0.3) is 0 Å². The van der Waals surface area contributed by atoms with Crippen molar-refractivity contribution in [3.63, 3.8) is 0 Å². The van der Waals surface area contributed by atoms with Crippen molar-refractivity contribution in [2.24, 2.45) is 0 Å². The number of amides is 1. The lowest BCUT2D eigenvalue weighted by Gasteiger charge is -2.59. The molecule has 2 fully saturated rings. The summed E-state index contributed by atoms with van der Waals surface area (Å²) in [5.41, 5.74) is 0.769. The van der Waals surface area contributed by atoms with Crippen LogP contribution in [0, 0.1) is 0 Å². The van der Waals surface area contributed by atoms with Gasteiger partial charge in [-0.2, -0.15) is 0 Å². The smallest absolute Gasteiger partial charge is 0.246 e. The van der Waals surface area contributed by atoms with Gasteiger partial charge in [0.25, 0.3) is 0 Å². The van der Waals surface area contributed by atoms with Crippen LogP contribution in [-0.2, 0) is 15.8 Å². The minimum absolute atomic E-state index is 0.0265. The van der Waals surface area contributed by atoms with E-state index < -0.39 is 19.9 Å². The molecule has 2 aromatic rings. The van der Waals surface area contributed by atoms with Crippen LogP contribution in [0.15, 0.2) is 41.1 Å². The van der Waals surface area contributed by atoms with Crippen molar-refractivity contribution in [2.75, 3.05) is 6.54 Å². The van der Waals surface area contributed by atoms with Crippen LogP contribution in [0.3, 0.4) is 0 Å². The summed E-state index contributed by atoms with van der Waals surface area (Å²) in [4.78, 5) is 18.3. The molecule has 0 N–H and O–H groups in total. The molecule has 3 heterocycles. The Morgan fingerprint density at radius 2 is 1.97 bits per heavy atom. The van der Waals surface area contributed by atoms with E-state index in [0.29, 0.717) is 5.89 Å². The third kappa shape index (κ3) is 4.06. The van der Waals surface area contributed by atoms with Gasteiger partial charge < -0.3 is 13.7 Å². The number of nitrogens with zero attached hydrogens (tertiary/aromatic N) is 4. The SMILES string of the molecule is CC(O[Si](C)(C)C(C)(C)C)C(c1nnco1)N1C(=O)C2(CCCN2Cc2ccccc2)C1C. The summed E-state index contributed by atoms with van der Waals surface area (Å²) in [6.07, 6.45) is 2.99. The maximum absolute atomic E-state index is 14.0. The Labute approximate surface area is 198 Å². The van der Waals surface area contributed by atoms with Crippen molar-refractivity contribution < 1.29 is 13.6 Å². The first-order valence-corrected chi connectivity index (χ1v) is 15.0. The molecule has 1 amide bonds. The summed E-state index contributed by atoms with van der Waals surface area (Å²) in [6.45, 7) is 17.0. The minimum atomic E-state index is -2.06. The number of carbonyl (C=O) groups is 1. The lowest BCUT2D eigenvalue weighted by Crippen LogP contribution is -2.78. The van der Waals surface area contributed by atoms with E-state index in [0.717, 1.165) is 25.9 Å². The van der Waals surface area contributed by atoms with E-state index in [9.17, 15) is 4.79 Å². The highest BCUT2D eigenvalue weighted by Gasteiger charge is 2.66. The highest BCUT2D eigenvalue weighted by molar-refractivity contribution is 6.74. The maximum atomic E-state index is 14.0. The third-order valence-electron chi connectivity index (χ3n) is 8.14. The first-order valence-electron chi connectivity index (χ1n) is 12.0. The standard InChI is InChI=1S/C25H38N4O3Si/c1-18(32-33(6,7)24(3,4)5)21(22-27-26-17-31-22)29-19(2)25(23(29)30)14-11-15-28(25)16-20-12-9-8-10-13-20/h8-10,12-13,17-19,21H,11,14-16H2,1-7H3. The Hall–Kier alpha value is -2.03. The van der Waals surface area contributed by atoms with Gasteiger partial charge in [0.1, 0.15) is 11.6 Å². The molecule has 7 nitrogen and oxygen atoms in total. The molecule has 0 aliphatic carbocycles. The van der Waals surface area contributed by atoms with Gasteiger partial charge in [-0.05, 0) is 56.9 Å². The van der Waals surface area contributed by atoms with E-state index in [2.05, 4.69) is 80.2 Å². The van der Waals surface area contributed by atoms with Crippen molar-refractivity contribution in [3.8, 4) is 0 Å². The van der Waals surface area contributed by atoms with Gasteiger partial charge in [0.05, 0.1) is 12.1 Å². The molecular weight excluding hydrogens is 432 g/mol. The lowest BCUT2D eigenvalue weighted by atomic mass is 9.75. The van der Waals surface area contributed by atoms with E-state index >= 15 is 0 Å². The van der Waals surface area contributed by atoms with Crippen molar-refractivity contribution in [1.82, 2.24) is 20.0 Å². The highest BCUT2D eigenvalue weighted by Crippen LogP contribution is 2.50. The van der Waals surface area contributed by atoms with Gasteiger partial charge in [0.2, 0.25) is 18.2 Å². The molecule has 4 rings (SSSR count). The van der Waals surface area contributed by atoms with Crippen molar-refractivity contribution in [1.29, 1.82) is 0 Å². The Morgan fingerprint density at radius 1 is 1.27 bits per heavy atom. The molecule has 0 bridgehead atoms. The molecule has 180 valence electrons. The zero-order chi connectivity index (χ0) is 24.0. The van der Waals surface area contributed by atoms with Crippen molar-refractivity contribution >= 4 is 14.2 Å². The summed E-state index contributed by atoms with van der Waals surface area (Å²) < 4.78 is 12.4. The second-order valence-electron chi connectivity index (χ2n) is 11.1. The Kier molecular flexibility index (Phi) is 6.31. The average Bonchev–Trinajstić information content (AvgIpc) is 3.42. The van der Waals surface area contributed by atoms with Crippen LogP contribution in [0.1, 0.15) is 65.0 Å². The molecule has 1 spiro atoms. The van der Waals surface area contributed by atoms with Crippen LogP contribution in [0.2, 0.25) is 18.1 Å². The predicted molar refractivity (Wildman–Crippen MR) is 130 cm³/mol. The summed E-state index contributed by atoms with van der Waals surface area (Å²) >= 11 is 0. The zero-order valence-corrected chi connectivity index (χ0v) is 22.0. The number of benzene rings is 1. The number of hydrogen-bond donors (Lipinski definition) is 0. The topological polar surface area (TPSA) is 71.7 Å². The molecule has 1 aromatic carbocycles. The van der Waals surface area contributed by atoms with Crippen LogP contribution < -0.4 is 0 Å². The molecule has 2 saturated heterocycles. The third-order valence-corrected chi connectivity index (χ3v) is 12.7. The molecule has 8 heteroatoms. The number of rotatable bonds is 7. The number of carbonyl (C=O) groups excluding carboxylic acids is 1. The van der Waals surface area contributed by atoms with E-state index in [1.54, 1.807) is 0 Å². The summed E-state index contributed by atoms with van der Waals surface area (Å²) in [6, 6.07) is 10.0. The molecule has 33 heavy (non-hydrogen) atoms. The average molecular weight is 471 g/mol. The molecule has 4 unspecified atom stereocenters. The lowest BCUT2D eigenvalue weighted by molar-refractivity contribution is -0.184. The van der Waals surface area contributed by atoms with Gasteiger partial charge in [-0.1, -0.05) is 51.1 Å². The van der Waals surface area contributed by atoms with Crippen molar-refractivity contribution in [3.05, 3.63) is 48.2 Å². The van der Waals surface area contributed by atoms with Gasteiger partial charge in [0, 0.05) is 6.54 Å². The molecule has 0 saturated carbocycles. The van der Waals surface area contributed by atoms with Crippen LogP contribution in [0.5, 0.6) is 0 Å². The fraction of sp³-hybridized carbons (Fsp3) is 0.640. The number of β-lactam (4-membered cyclic amide) rings is 1. The van der Waals surface area contributed by atoms with Gasteiger partial charge >= 0.3 is 0 Å². The van der Waals surface area contributed by atoms with Gasteiger partial charge in [0.15, 0.2) is 8.32 Å². The van der Waals surface area contributed by atoms with E-state index in [1.165, 1.54) is 12.0 Å². The predicted octanol–water partition coefficient (Wildman–Crippen LogP) is 4.79. The monoisotopic (exact) mass is 470 g/mol. The van der Waals surface area contributed by atoms with E-state index in [4.69, 9.17) is 8.84 Å². The van der Waals surface area contributed by atoms with E-state index in [-0.39, 0.29) is 23.1 Å². The van der Waals surface area contributed by atoms with Crippen LogP contribution in [0.4, 0.5) is 0 Å². The summed E-state index contributed by atoms with van der Waals surface area (Å²) in [7, 11) is -2.06. The van der Waals surface area contributed by atoms with Gasteiger partial charge in [-0.15, -0.1) is 10.2 Å². The highest BCUT2D eigenvalue weighted by atomic mass is 28.4. The van der Waals surface area contributed by atoms with Gasteiger partial charge in [-0.25, -0.2) is 0 Å². The first kappa shape index (κ1) is 24.1. The van der Waals surface area contributed by atoms with Crippen LogP contribution >= 0.6 is 0 Å².